The van der Waals surface area contributed by atoms with E-state index >= 15 is 0 Å². The van der Waals surface area contributed by atoms with Gasteiger partial charge in [0.15, 0.2) is 5.76 Å². The van der Waals surface area contributed by atoms with Crippen LogP contribution in [-0.2, 0) is 4.79 Å². The van der Waals surface area contributed by atoms with E-state index in [9.17, 15) is 19.5 Å². The van der Waals surface area contributed by atoms with Gasteiger partial charge < -0.3 is 20.2 Å². The molecule has 0 spiro atoms. The van der Waals surface area contributed by atoms with Crippen LogP contribution in [0.2, 0.25) is 10.0 Å². The molecule has 9 heteroatoms. The molecule has 4 aromatic rings. The van der Waals surface area contributed by atoms with E-state index in [1.165, 1.54) is 6.07 Å². The van der Waals surface area contributed by atoms with Gasteiger partial charge in [-0.2, -0.15) is 0 Å². The molecule has 0 aliphatic heterocycles. The van der Waals surface area contributed by atoms with Crippen molar-refractivity contribution < 1.29 is 23.9 Å². The number of carboxylic acids is 1. The van der Waals surface area contributed by atoms with Gasteiger partial charge in [-0.25, -0.2) is 4.79 Å². The van der Waals surface area contributed by atoms with Crippen LogP contribution in [0, 0.1) is 5.92 Å². The van der Waals surface area contributed by atoms with E-state index in [1.54, 1.807) is 36.4 Å². The third kappa shape index (κ3) is 5.95. The SMILES string of the molecule is O=C(Nc1cc2ccccc2cc1C(=O)N[C@H](C(=O)O)C1CCCCC1)c1ccc(-c2ccc(Cl)cc2Cl)o1. The largest absolute Gasteiger partial charge is 0.480 e. The molecule has 2 amide bonds. The molecule has 1 aliphatic carbocycles. The predicted octanol–water partition coefficient (Wildman–Crippen LogP) is 7.42. The number of fused-ring (bicyclic) bond motifs is 1. The molecular formula is C30H26Cl2N2O5. The quantitative estimate of drug-likeness (QED) is 0.216. The molecule has 0 unspecified atom stereocenters. The molecule has 5 rings (SSSR count). The first-order valence-electron chi connectivity index (χ1n) is 12.7. The Hall–Kier alpha value is -3.81. The number of aliphatic carboxylic acids is 1. The van der Waals surface area contributed by atoms with Crippen molar-refractivity contribution in [3.05, 3.63) is 88.1 Å². The van der Waals surface area contributed by atoms with Crippen LogP contribution < -0.4 is 10.6 Å². The van der Waals surface area contributed by atoms with E-state index in [0.29, 0.717) is 21.4 Å². The predicted molar refractivity (Wildman–Crippen MR) is 152 cm³/mol. The topological polar surface area (TPSA) is 109 Å². The van der Waals surface area contributed by atoms with Crippen molar-refractivity contribution in [2.45, 2.75) is 38.1 Å². The van der Waals surface area contributed by atoms with E-state index in [2.05, 4.69) is 10.6 Å². The number of hydrogen-bond donors (Lipinski definition) is 3. The number of carbonyl (C=O) groups is 3. The molecule has 1 saturated carbocycles. The molecule has 0 saturated heterocycles. The lowest BCUT2D eigenvalue weighted by atomic mass is 9.83. The molecule has 1 aliphatic rings. The smallest absolute Gasteiger partial charge is 0.326 e. The Morgan fingerprint density at radius 3 is 2.28 bits per heavy atom. The number of anilines is 1. The average Bonchev–Trinajstić information content (AvgIpc) is 3.42. The molecule has 7 nitrogen and oxygen atoms in total. The van der Waals surface area contributed by atoms with Gasteiger partial charge in [0.25, 0.3) is 11.8 Å². The van der Waals surface area contributed by atoms with Crippen molar-refractivity contribution in [1.29, 1.82) is 0 Å². The lowest BCUT2D eigenvalue weighted by Gasteiger charge is -2.28. The summed E-state index contributed by atoms with van der Waals surface area (Å²) in [6, 6.07) is 17.8. The van der Waals surface area contributed by atoms with Gasteiger partial charge in [-0.15, -0.1) is 0 Å². The van der Waals surface area contributed by atoms with Crippen LogP contribution in [0.1, 0.15) is 53.0 Å². The molecular weight excluding hydrogens is 539 g/mol. The maximum absolute atomic E-state index is 13.5. The molecule has 3 N–H and O–H groups in total. The fraction of sp³-hybridized carbons (Fsp3) is 0.233. The summed E-state index contributed by atoms with van der Waals surface area (Å²) < 4.78 is 5.77. The molecule has 0 bridgehead atoms. The van der Waals surface area contributed by atoms with Gasteiger partial charge in [-0.05, 0) is 72.0 Å². The van der Waals surface area contributed by atoms with Crippen LogP contribution in [0.5, 0.6) is 0 Å². The van der Waals surface area contributed by atoms with Gasteiger partial charge >= 0.3 is 5.97 Å². The maximum atomic E-state index is 13.5. The van der Waals surface area contributed by atoms with Gasteiger partial charge in [0.2, 0.25) is 0 Å². The minimum absolute atomic E-state index is 0.0150. The second-order valence-corrected chi connectivity index (χ2v) is 10.5. The first-order valence-corrected chi connectivity index (χ1v) is 13.5. The number of amides is 2. The van der Waals surface area contributed by atoms with Crippen LogP contribution in [-0.4, -0.2) is 28.9 Å². The molecule has 200 valence electrons. The third-order valence-electron chi connectivity index (χ3n) is 7.08. The zero-order valence-corrected chi connectivity index (χ0v) is 22.4. The van der Waals surface area contributed by atoms with Gasteiger partial charge in [0.05, 0.1) is 16.3 Å². The Morgan fingerprint density at radius 2 is 1.59 bits per heavy atom. The highest BCUT2D eigenvalue weighted by Crippen LogP contribution is 2.32. The number of carboxylic acid groups (broad SMARTS) is 1. The molecule has 39 heavy (non-hydrogen) atoms. The minimum atomic E-state index is -1.06. The summed E-state index contributed by atoms with van der Waals surface area (Å²) in [5.74, 6) is -1.94. The van der Waals surface area contributed by atoms with E-state index < -0.39 is 23.8 Å². The van der Waals surface area contributed by atoms with E-state index in [0.717, 1.165) is 42.9 Å². The van der Waals surface area contributed by atoms with Gasteiger partial charge in [-0.1, -0.05) is 66.7 Å². The number of hydrogen-bond acceptors (Lipinski definition) is 4. The summed E-state index contributed by atoms with van der Waals surface area (Å²) in [7, 11) is 0. The summed E-state index contributed by atoms with van der Waals surface area (Å²) in [5, 5.41) is 17.8. The van der Waals surface area contributed by atoms with Crippen molar-refractivity contribution in [2.75, 3.05) is 5.32 Å². The summed E-state index contributed by atoms with van der Waals surface area (Å²) in [6.07, 6.45) is 4.44. The number of benzene rings is 3. The second-order valence-electron chi connectivity index (χ2n) is 9.67. The fourth-order valence-electron chi connectivity index (χ4n) is 5.08. The number of nitrogens with one attached hydrogen (secondary N) is 2. The Balaban J connectivity index is 1.43. The standard InChI is InChI=1S/C30H26Cl2N2O5/c31-20-10-11-21(23(32)16-20)25-12-13-26(39-25)29(36)33-24-15-19-9-5-4-8-18(19)14-22(24)28(35)34-27(30(37)38)17-6-2-1-3-7-17/h4-5,8-17,27H,1-3,6-7H2,(H,33,36)(H,34,35)(H,37,38)/t27-/m0/s1. The summed E-state index contributed by atoms with van der Waals surface area (Å²) >= 11 is 12.3. The molecule has 3 aromatic carbocycles. The zero-order valence-electron chi connectivity index (χ0n) is 20.9. The van der Waals surface area contributed by atoms with E-state index in [1.807, 2.05) is 24.3 Å². The van der Waals surface area contributed by atoms with Crippen LogP contribution in [0.4, 0.5) is 5.69 Å². The summed E-state index contributed by atoms with van der Waals surface area (Å²) in [4.78, 5) is 38.7. The summed E-state index contributed by atoms with van der Waals surface area (Å²) in [5.41, 5.74) is 0.983. The van der Waals surface area contributed by atoms with Crippen molar-refractivity contribution in [1.82, 2.24) is 5.32 Å². The number of rotatable bonds is 7. The molecule has 0 radical (unpaired) electrons. The van der Waals surface area contributed by atoms with Crippen LogP contribution in [0.15, 0.2) is 71.1 Å². The van der Waals surface area contributed by atoms with E-state index in [-0.39, 0.29) is 22.9 Å². The highest BCUT2D eigenvalue weighted by molar-refractivity contribution is 6.36. The van der Waals surface area contributed by atoms with Crippen LogP contribution in [0.25, 0.3) is 22.1 Å². The lowest BCUT2D eigenvalue weighted by Crippen LogP contribution is -2.46. The number of halogens is 2. The van der Waals surface area contributed by atoms with Crippen molar-refractivity contribution >= 4 is 57.4 Å². The van der Waals surface area contributed by atoms with Gasteiger partial charge in [-0.3, -0.25) is 9.59 Å². The zero-order chi connectivity index (χ0) is 27.5. The summed E-state index contributed by atoms with van der Waals surface area (Å²) in [6.45, 7) is 0. The van der Waals surface area contributed by atoms with E-state index in [4.69, 9.17) is 27.6 Å². The minimum Gasteiger partial charge on any atom is -0.480 e. The second kappa shape index (κ2) is 11.5. The third-order valence-corrected chi connectivity index (χ3v) is 7.63. The first-order chi connectivity index (χ1) is 18.8. The number of furan rings is 1. The van der Waals surface area contributed by atoms with Crippen LogP contribution in [0.3, 0.4) is 0 Å². The highest BCUT2D eigenvalue weighted by Gasteiger charge is 2.31. The van der Waals surface area contributed by atoms with Gasteiger partial charge in [0, 0.05) is 10.6 Å². The lowest BCUT2D eigenvalue weighted by molar-refractivity contribution is -0.141. The van der Waals surface area contributed by atoms with Crippen molar-refractivity contribution in [2.24, 2.45) is 5.92 Å². The molecule has 1 heterocycles. The molecule has 1 fully saturated rings. The maximum Gasteiger partial charge on any atom is 0.326 e. The Bertz CT molecular complexity index is 1560. The highest BCUT2D eigenvalue weighted by atomic mass is 35.5. The Kier molecular flexibility index (Phi) is 7.91. The normalized spacial score (nSPS) is 14.6. The Labute approximate surface area is 235 Å². The first kappa shape index (κ1) is 26.8. The average molecular weight is 565 g/mol. The Morgan fingerprint density at radius 1 is 0.872 bits per heavy atom. The molecule has 1 aromatic heterocycles. The monoisotopic (exact) mass is 564 g/mol. The fourth-order valence-corrected chi connectivity index (χ4v) is 5.58. The van der Waals surface area contributed by atoms with Gasteiger partial charge in [0.1, 0.15) is 11.8 Å². The van der Waals surface area contributed by atoms with Crippen LogP contribution >= 0.6 is 23.2 Å². The number of carbonyl (C=O) groups excluding carboxylic acids is 2. The van der Waals surface area contributed by atoms with Crippen molar-refractivity contribution in [3.63, 3.8) is 0 Å². The molecule has 1 atom stereocenters. The van der Waals surface area contributed by atoms with Crippen molar-refractivity contribution in [3.8, 4) is 11.3 Å².